The van der Waals surface area contributed by atoms with E-state index in [1.165, 1.54) is 80.5 Å². The molecule has 1 aliphatic carbocycles. The first-order valence-corrected chi connectivity index (χ1v) is 13.7. The van der Waals surface area contributed by atoms with Gasteiger partial charge in [-0.2, -0.15) is 0 Å². The smallest absolute Gasteiger partial charge is 0.225 e. The molecule has 0 radical (unpaired) electrons. The van der Waals surface area contributed by atoms with Gasteiger partial charge in [0.05, 0.1) is 5.69 Å². The first kappa shape index (κ1) is 22.3. The highest BCUT2D eigenvalue weighted by atomic mass is 15.3. The molecule has 1 aromatic carbocycles. The van der Waals surface area contributed by atoms with Gasteiger partial charge in [-0.15, -0.1) is 0 Å². The van der Waals surface area contributed by atoms with Gasteiger partial charge in [0.25, 0.3) is 0 Å². The summed E-state index contributed by atoms with van der Waals surface area (Å²) in [7, 11) is 0. The predicted octanol–water partition coefficient (Wildman–Crippen LogP) is 4.09. The second kappa shape index (κ2) is 10.2. The average molecular weight is 461 g/mol. The van der Waals surface area contributed by atoms with E-state index in [0.717, 1.165) is 64.2 Å². The summed E-state index contributed by atoms with van der Waals surface area (Å²) in [5.41, 5.74) is 5.36. The Kier molecular flexibility index (Phi) is 6.69. The lowest BCUT2D eigenvalue weighted by Crippen LogP contribution is -2.50. The van der Waals surface area contributed by atoms with E-state index < -0.39 is 0 Å². The highest BCUT2D eigenvalue weighted by Gasteiger charge is 2.27. The lowest BCUT2D eigenvalue weighted by Gasteiger charge is -2.38. The van der Waals surface area contributed by atoms with Crippen molar-refractivity contribution in [3.8, 4) is 0 Å². The lowest BCUT2D eigenvalue weighted by atomic mass is 10.1. The highest BCUT2D eigenvalue weighted by molar-refractivity contribution is 5.48. The molecule has 3 aliphatic heterocycles. The molecule has 34 heavy (non-hydrogen) atoms. The first-order valence-electron chi connectivity index (χ1n) is 13.7. The maximum atomic E-state index is 5.03. The SMILES string of the molecule is c1cc(N2CCCCC2)ccc1CN1CCc2nc(N3CCN(C4CCCC4)CC3)ncc2C1. The van der Waals surface area contributed by atoms with Crippen molar-refractivity contribution in [2.24, 2.45) is 0 Å². The molecule has 0 spiro atoms. The molecular weight excluding hydrogens is 420 g/mol. The van der Waals surface area contributed by atoms with Gasteiger partial charge in [-0.05, 0) is 49.8 Å². The Morgan fingerprint density at radius 2 is 1.53 bits per heavy atom. The minimum atomic E-state index is 0.832. The van der Waals surface area contributed by atoms with Gasteiger partial charge in [-0.3, -0.25) is 9.80 Å². The van der Waals surface area contributed by atoms with Gasteiger partial charge in [0.2, 0.25) is 5.95 Å². The average Bonchev–Trinajstić information content (AvgIpc) is 3.45. The molecule has 6 rings (SSSR count). The molecule has 0 bridgehead atoms. The summed E-state index contributed by atoms with van der Waals surface area (Å²) in [4.78, 5) is 20.0. The monoisotopic (exact) mass is 460 g/mol. The molecule has 3 fully saturated rings. The molecule has 2 aromatic rings. The number of anilines is 2. The van der Waals surface area contributed by atoms with Gasteiger partial charge in [0, 0.05) is 88.8 Å². The van der Waals surface area contributed by atoms with Crippen molar-refractivity contribution in [3.63, 3.8) is 0 Å². The van der Waals surface area contributed by atoms with Gasteiger partial charge in [-0.1, -0.05) is 25.0 Å². The van der Waals surface area contributed by atoms with Gasteiger partial charge in [-0.25, -0.2) is 9.97 Å². The Morgan fingerprint density at radius 1 is 0.765 bits per heavy atom. The fourth-order valence-corrected chi connectivity index (χ4v) is 6.43. The summed E-state index contributed by atoms with van der Waals surface area (Å²) in [5.74, 6) is 0.951. The maximum Gasteiger partial charge on any atom is 0.225 e. The Bertz CT molecular complexity index is 940. The molecule has 0 amide bonds. The molecule has 0 N–H and O–H groups in total. The van der Waals surface area contributed by atoms with Crippen molar-refractivity contribution >= 4 is 11.6 Å². The third kappa shape index (κ3) is 4.94. The maximum absolute atomic E-state index is 5.03. The number of nitrogens with zero attached hydrogens (tertiary/aromatic N) is 6. The fourth-order valence-electron chi connectivity index (χ4n) is 6.43. The van der Waals surface area contributed by atoms with Gasteiger partial charge < -0.3 is 9.80 Å². The molecule has 1 saturated carbocycles. The van der Waals surface area contributed by atoms with Gasteiger partial charge >= 0.3 is 0 Å². The number of hydrogen-bond acceptors (Lipinski definition) is 6. The normalized spacial score (nSPS) is 22.8. The standard InChI is InChI=1S/C28H40N6/c1-4-13-32(14-5-1)26-10-8-23(9-11-26)21-31-15-12-27-24(22-31)20-29-28(30-27)34-18-16-33(17-19-34)25-6-2-3-7-25/h8-11,20,25H,1-7,12-19,21-22H2. The summed E-state index contributed by atoms with van der Waals surface area (Å²) in [6.07, 6.45) is 12.8. The van der Waals surface area contributed by atoms with Crippen LogP contribution in [0.1, 0.15) is 61.8 Å². The van der Waals surface area contributed by atoms with Crippen molar-refractivity contribution in [3.05, 3.63) is 47.3 Å². The van der Waals surface area contributed by atoms with E-state index in [4.69, 9.17) is 9.97 Å². The fraction of sp³-hybridized carbons (Fsp3) is 0.643. The minimum Gasteiger partial charge on any atom is -0.372 e. The van der Waals surface area contributed by atoms with Crippen LogP contribution in [-0.4, -0.2) is 71.6 Å². The predicted molar refractivity (Wildman–Crippen MR) is 138 cm³/mol. The van der Waals surface area contributed by atoms with Crippen molar-refractivity contribution in [2.75, 3.05) is 55.6 Å². The molecule has 1 aromatic heterocycles. The van der Waals surface area contributed by atoms with Crippen molar-refractivity contribution in [1.29, 1.82) is 0 Å². The third-order valence-corrected chi connectivity index (χ3v) is 8.50. The van der Waals surface area contributed by atoms with Crippen LogP contribution in [0, 0.1) is 0 Å². The van der Waals surface area contributed by atoms with E-state index in [2.05, 4.69) is 50.1 Å². The Hall–Kier alpha value is -2.18. The number of aromatic nitrogens is 2. The van der Waals surface area contributed by atoms with Crippen molar-refractivity contribution in [2.45, 2.75) is 70.5 Å². The zero-order chi connectivity index (χ0) is 22.7. The molecule has 6 nitrogen and oxygen atoms in total. The quantitative estimate of drug-likeness (QED) is 0.669. The largest absolute Gasteiger partial charge is 0.372 e. The van der Waals surface area contributed by atoms with E-state index in [9.17, 15) is 0 Å². The number of hydrogen-bond donors (Lipinski definition) is 0. The van der Waals surface area contributed by atoms with Crippen LogP contribution in [0.15, 0.2) is 30.5 Å². The molecule has 0 unspecified atom stereocenters. The van der Waals surface area contributed by atoms with Gasteiger partial charge in [0.1, 0.15) is 0 Å². The van der Waals surface area contributed by atoms with E-state index in [1.807, 2.05) is 0 Å². The molecular formula is C28H40N6. The van der Waals surface area contributed by atoms with Crippen LogP contribution in [0.4, 0.5) is 11.6 Å². The summed E-state index contributed by atoms with van der Waals surface area (Å²) in [5, 5.41) is 0. The zero-order valence-electron chi connectivity index (χ0n) is 20.7. The Balaban J connectivity index is 1.03. The summed E-state index contributed by atoms with van der Waals surface area (Å²) in [6, 6.07) is 10.1. The van der Waals surface area contributed by atoms with Crippen LogP contribution in [0.2, 0.25) is 0 Å². The van der Waals surface area contributed by atoms with E-state index in [-0.39, 0.29) is 0 Å². The lowest BCUT2D eigenvalue weighted by molar-refractivity contribution is 0.186. The molecule has 182 valence electrons. The summed E-state index contributed by atoms with van der Waals surface area (Å²) < 4.78 is 0. The van der Waals surface area contributed by atoms with E-state index >= 15 is 0 Å². The van der Waals surface area contributed by atoms with E-state index in [0.29, 0.717) is 0 Å². The highest BCUT2D eigenvalue weighted by Crippen LogP contribution is 2.26. The Morgan fingerprint density at radius 3 is 2.29 bits per heavy atom. The van der Waals surface area contributed by atoms with Crippen LogP contribution in [0.25, 0.3) is 0 Å². The number of piperidine rings is 1. The first-order chi connectivity index (χ1) is 16.8. The number of benzene rings is 1. The Labute approximate surface area is 205 Å². The number of piperazine rings is 1. The number of rotatable bonds is 5. The molecule has 4 heterocycles. The van der Waals surface area contributed by atoms with Crippen LogP contribution in [0.3, 0.4) is 0 Å². The summed E-state index contributed by atoms with van der Waals surface area (Å²) >= 11 is 0. The van der Waals surface area contributed by atoms with Crippen LogP contribution < -0.4 is 9.80 Å². The second-order valence-corrected chi connectivity index (χ2v) is 10.8. The second-order valence-electron chi connectivity index (χ2n) is 10.8. The summed E-state index contributed by atoms with van der Waals surface area (Å²) in [6.45, 7) is 9.91. The van der Waals surface area contributed by atoms with Crippen molar-refractivity contribution in [1.82, 2.24) is 19.8 Å². The van der Waals surface area contributed by atoms with Gasteiger partial charge in [0.15, 0.2) is 0 Å². The van der Waals surface area contributed by atoms with Crippen LogP contribution in [0.5, 0.6) is 0 Å². The van der Waals surface area contributed by atoms with Crippen LogP contribution >= 0.6 is 0 Å². The minimum absolute atomic E-state index is 0.832. The third-order valence-electron chi connectivity index (χ3n) is 8.50. The zero-order valence-corrected chi connectivity index (χ0v) is 20.7. The molecule has 6 heteroatoms. The number of fused-ring (bicyclic) bond motifs is 1. The molecule has 2 saturated heterocycles. The van der Waals surface area contributed by atoms with Crippen LogP contribution in [-0.2, 0) is 19.5 Å². The topological polar surface area (TPSA) is 38.7 Å². The van der Waals surface area contributed by atoms with Crippen molar-refractivity contribution < 1.29 is 0 Å². The molecule has 4 aliphatic rings. The van der Waals surface area contributed by atoms with E-state index in [1.54, 1.807) is 0 Å². The molecule has 0 atom stereocenters.